The van der Waals surface area contributed by atoms with E-state index in [1.54, 1.807) is 47.7 Å². The van der Waals surface area contributed by atoms with Crippen molar-refractivity contribution in [3.63, 3.8) is 0 Å². The second-order valence-corrected chi connectivity index (χ2v) is 5.84. The average Bonchev–Trinajstić information content (AvgIpc) is 3.28. The molecule has 4 aromatic rings. The highest BCUT2D eigenvalue weighted by atomic mass is 19.4. The number of hydrogen-bond acceptors (Lipinski definition) is 5. The van der Waals surface area contributed by atoms with E-state index < -0.39 is 17.7 Å². The van der Waals surface area contributed by atoms with Gasteiger partial charge in [-0.1, -0.05) is 6.07 Å². The Balaban J connectivity index is 1.74. The zero-order valence-corrected chi connectivity index (χ0v) is 14.4. The highest BCUT2D eigenvalue weighted by molar-refractivity contribution is 5.58. The number of rotatable bonds is 3. The molecule has 4 heterocycles. The van der Waals surface area contributed by atoms with E-state index in [4.69, 9.17) is 0 Å². The van der Waals surface area contributed by atoms with E-state index in [0.717, 1.165) is 12.7 Å². The first-order valence-corrected chi connectivity index (χ1v) is 8.01. The molecule has 0 atom stereocenters. The minimum Gasteiger partial charge on any atom is -0.274 e. The summed E-state index contributed by atoms with van der Waals surface area (Å²) in [4.78, 5) is 20.5. The SMILES string of the molecule is Cn1c(C(F)(F)F)nn(-c2cccc(-c3cnn(-c4cccnc4)c3)n2)c1=O. The third-order valence-electron chi connectivity index (χ3n) is 3.97. The zero-order valence-electron chi connectivity index (χ0n) is 14.4. The molecule has 0 amide bonds. The summed E-state index contributed by atoms with van der Waals surface area (Å²) in [6.07, 6.45) is 1.78. The van der Waals surface area contributed by atoms with Gasteiger partial charge in [-0.2, -0.15) is 23.0 Å². The first-order chi connectivity index (χ1) is 13.3. The van der Waals surface area contributed by atoms with Crippen LogP contribution in [-0.2, 0) is 13.2 Å². The molecule has 0 aliphatic rings. The molecule has 0 saturated heterocycles. The van der Waals surface area contributed by atoms with Gasteiger partial charge in [0, 0.05) is 25.0 Å². The van der Waals surface area contributed by atoms with Crippen LogP contribution in [0.15, 0.2) is 59.9 Å². The molecule has 0 unspecified atom stereocenters. The van der Waals surface area contributed by atoms with Crippen LogP contribution in [0.3, 0.4) is 0 Å². The molecule has 0 saturated carbocycles. The minimum atomic E-state index is -4.75. The van der Waals surface area contributed by atoms with Crippen LogP contribution in [0.25, 0.3) is 22.8 Å². The predicted octanol–water partition coefficient (Wildman–Crippen LogP) is 2.23. The molecule has 0 N–H and O–H groups in total. The van der Waals surface area contributed by atoms with Crippen molar-refractivity contribution < 1.29 is 13.2 Å². The van der Waals surface area contributed by atoms with E-state index in [9.17, 15) is 18.0 Å². The summed E-state index contributed by atoms with van der Waals surface area (Å²) < 4.78 is 41.6. The molecule has 0 fully saturated rings. The van der Waals surface area contributed by atoms with E-state index >= 15 is 0 Å². The van der Waals surface area contributed by atoms with Crippen LogP contribution >= 0.6 is 0 Å². The minimum absolute atomic E-state index is 0.0253. The quantitative estimate of drug-likeness (QED) is 0.538. The Morgan fingerprint density at radius 2 is 1.89 bits per heavy atom. The van der Waals surface area contributed by atoms with Gasteiger partial charge in [-0.3, -0.25) is 9.55 Å². The van der Waals surface area contributed by atoms with Gasteiger partial charge in [0.25, 0.3) is 0 Å². The van der Waals surface area contributed by atoms with E-state index in [1.807, 2.05) is 6.07 Å². The Hall–Kier alpha value is -3.76. The van der Waals surface area contributed by atoms with E-state index in [-0.39, 0.29) is 5.82 Å². The largest absolute Gasteiger partial charge is 0.451 e. The number of pyridine rings is 2. The molecule has 11 heteroatoms. The summed E-state index contributed by atoms with van der Waals surface area (Å²) in [5, 5.41) is 7.62. The lowest BCUT2D eigenvalue weighted by atomic mass is 10.2. The third kappa shape index (κ3) is 3.06. The summed E-state index contributed by atoms with van der Waals surface area (Å²) in [5.74, 6) is -1.32. The lowest BCUT2D eigenvalue weighted by molar-refractivity contribution is -0.147. The molecular formula is C17H12F3N7O. The second-order valence-electron chi connectivity index (χ2n) is 5.84. The summed E-state index contributed by atoms with van der Waals surface area (Å²) in [6.45, 7) is 0. The van der Waals surface area contributed by atoms with Crippen molar-refractivity contribution in [3.8, 4) is 22.8 Å². The third-order valence-corrected chi connectivity index (χ3v) is 3.97. The normalized spacial score (nSPS) is 11.7. The van der Waals surface area contributed by atoms with Crippen LogP contribution in [0.4, 0.5) is 13.2 Å². The smallest absolute Gasteiger partial charge is 0.274 e. The van der Waals surface area contributed by atoms with Crippen molar-refractivity contribution in [3.05, 3.63) is 71.4 Å². The van der Waals surface area contributed by atoms with Crippen molar-refractivity contribution in [2.24, 2.45) is 7.05 Å². The molecule has 0 aliphatic heterocycles. The Morgan fingerprint density at radius 1 is 1.07 bits per heavy atom. The molecule has 4 aromatic heterocycles. The topological polar surface area (TPSA) is 83.4 Å². The van der Waals surface area contributed by atoms with Gasteiger partial charge >= 0.3 is 11.9 Å². The van der Waals surface area contributed by atoms with Crippen LogP contribution in [0.1, 0.15) is 5.82 Å². The van der Waals surface area contributed by atoms with E-state index in [1.165, 1.54) is 6.07 Å². The molecule has 0 aliphatic carbocycles. The summed E-state index contributed by atoms with van der Waals surface area (Å²) in [5.41, 5.74) is 0.841. The first-order valence-electron chi connectivity index (χ1n) is 8.01. The Labute approximate surface area is 155 Å². The van der Waals surface area contributed by atoms with Crippen molar-refractivity contribution >= 4 is 0 Å². The molecule has 4 rings (SSSR count). The zero-order chi connectivity index (χ0) is 19.9. The number of nitrogens with zero attached hydrogens (tertiary/aromatic N) is 7. The van der Waals surface area contributed by atoms with Gasteiger partial charge in [0.1, 0.15) is 0 Å². The standard InChI is InChI=1S/C17H12F3N7O/c1-25-15(17(18,19)20)24-27(16(25)28)14-6-2-5-13(23-14)11-8-22-26(10-11)12-4-3-7-21-9-12/h2-10H,1H3. The number of halogens is 3. The molecule has 0 spiro atoms. The van der Waals surface area contributed by atoms with Gasteiger partial charge in [0.15, 0.2) is 5.82 Å². The van der Waals surface area contributed by atoms with E-state index in [2.05, 4.69) is 20.2 Å². The van der Waals surface area contributed by atoms with Gasteiger partial charge in [0.2, 0.25) is 5.82 Å². The summed E-state index contributed by atoms with van der Waals surface area (Å²) in [6, 6.07) is 8.23. The maximum Gasteiger partial charge on any atom is 0.451 e. The highest BCUT2D eigenvalue weighted by Crippen LogP contribution is 2.26. The molecule has 142 valence electrons. The number of hydrogen-bond donors (Lipinski definition) is 0. The second kappa shape index (κ2) is 6.44. The van der Waals surface area contributed by atoms with Gasteiger partial charge in [-0.05, 0) is 24.3 Å². The van der Waals surface area contributed by atoms with E-state index in [0.29, 0.717) is 20.5 Å². The maximum atomic E-state index is 13.0. The van der Waals surface area contributed by atoms with Crippen molar-refractivity contribution in [1.82, 2.24) is 34.1 Å². The monoisotopic (exact) mass is 387 g/mol. The molecule has 28 heavy (non-hydrogen) atoms. The van der Waals surface area contributed by atoms with Crippen molar-refractivity contribution in [2.75, 3.05) is 0 Å². The molecule has 0 radical (unpaired) electrons. The van der Waals surface area contributed by atoms with Gasteiger partial charge in [0.05, 0.1) is 23.8 Å². The molecule has 0 bridgehead atoms. The average molecular weight is 387 g/mol. The fraction of sp³-hybridized carbons (Fsp3) is 0.118. The number of aromatic nitrogens is 7. The van der Waals surface area contributed by atoms with Gasteiger partial charge in [-0.25, -0.2) is 14.5 Å². The van der Waals surface area contributed by atoms with Crippen molar-refractivity contribution in [2.45, 2.75) is 6.18 Å². The lowest BCUT2D eigenvalue weighted by Gasteiger charge is -2.03. The maximum absolute atomic E-state index is 13.0. The summed E-state index contributed by atoms with van der Waals surface area (Å²) in [7, 11) is 1.01. The molecular weight excluding hydrogens is 375 g/mol. The van der Waals surface area contributed by atoms with Gasteiger partial charge in [-0.15, -0.1) is 5.10 Å². The first kappa shape index (κ1) is 17.6. The Bertz CT molecular complexity index is 1190. The van der Waals surface area contributed by atoms with Crippen LogP contribution in [0.5, 0.6) is 0 Å². The van der Waals surface area contributed by atoms with Crippen LogP contribution in [0.2, 0.25) is 0 Å². The van der Waals surface area contributed by atoms with Crippen molar-refractivity contribution in [1.29, 1.82) is 0 Å². The van der Waals surface area contributed by atoms with Crippen LogP contribution < -0.4 is 5.69 Å². The Morgan fingerprint density at radius 3 is 2.57 bits per heavy atom. The fourth-order valence-corrected chi connectivity index (χ4v) is 2.62. The Kier molecular flexibility index (Phi) is 4.06. The van der Waals surface area contributed by atoms with Crippen LogP contribution in [-0.4, -0.2) is 34.1 Å². The molecule has 0 aromatic carbocycles. The molecule has 8 nitrogen and oxygen atoms in total. The van der Waals surface area contributed by atoms with Gasteiger partial charge < -0.3 is 0 Å². The van der Waals surface area contributed by atoms with Crippen LogP contribution in [0, 0.1) is 0 Å². The summed E-state index contributed by atoms with van der Waals surface area (Å²) >= 11 is 0. The number of alkyl halides is 3. The fourth-order valence-electron chi connectivity index (χ4n) is 2.62. The lowest BCUT2D eigenvalue weighted by Crippen LogP contribution is -2.24. The predicted molar refractivity (Wildman–Crippen MR) is 92.0 cm³/mol. The highest BCUT2D eigenvalue weighted by Gasteiger charge is 2.38.